The van der Waals surface area contributed by atoms with Gasteiger partial charge in [-0.25, -0.2) is 17.6 Å². The van der Waals surface area contributed by atoms with E-state index in [9.17, 15) is 22.4 Å². The molecule has 0 aliphatic rings. The number of amidine groups is 1. The molecule has 0 aliphatic heterocycles. The standard InChI is InChI=1S/C19H20ClFN4O4S/c1-30(28,29)11-17(26)25-18(22)16(10-12-2-4-13(20)5-3-12)24-19(27)23-15-8-6-14(21)7-9-15/h2-9,16H,10-11H2,1H3,(H2,22,25,26)(H2,23,24,27). The van der Waals surface area contributed by atoms with E-state index in [1.54, 1.807) is 24.3 Å². The van der Waals surface area contributed by atoms with Crippen molar-refractivity contribution in [3.8, 4) is 0 Å². The lowest BCUT2D eigenvalue weighted by Gasteiger charge is -2.21. The SMILES string of the molecule is CS(=O)(=O)CC(=O)NC(=N)C(Cc1ccc(Cl)cc1)NC(=O)Nc1ccc(F)cc1. The molecule has 0 radical (unpaired) electrons. The third kappa shape index (κ3) is 8.18. The number of anilines is 1. The smallest absolute Gasteiger partial charge is 0.319 e. The Morgan fingerprint density at radius 1 is 1.10 bits per heavy atom. The monoisotopic (exact) mass is 454 g/mol. The molecule has 30 heavy (non-hydrogen) atoms. The molecule has 8 nitrogen and oxygen atoms in total. The molecule has 1 atom stereocenters. The van der Waals surface area contributed by atoms with Crippen LogP contribution in [-0.2, 0) is 21.1 Å². The molecule has 0 bridgehead atoms. The van der Waals surface area contributed by atoms with Gasteiger partial charge < -0.3 is 16.0 Å². The van der Waals surface area contributed by atoms with E-state index in [0.29, 0.717) is 16.3 Å². The fraction of sp³-hybridized carbons (Fsp3) is 0.211. The van der Waals surface area contributed by atoms with Crippen LogP contribution in [0.4, 0.5) is 14.9 Å². The van der Waals surface area contributed by atoms with Crippen LogP contribution in [0.2, 0.25) is 5.02 Å². The van der Waals surface area contributed by atoms with Gasteiger partial charge in [-0.15, -0.1) is 0 Å². The number of sulfone groups is 1. The molecule has 11 heteroatoms. The van der Waals surface area contributed by atoms with Crippen LogP contribution < -0.4 is 16.0 Å². The van der Waals surface area contributed by atoms with Crippen molar-refractivity contribution in [2.45, 2.75) is 12.5 Å². The Hall–Kier alpha value is -2.98. The van der Waals surface area contributed by atoms with Gasteiger partial charge in [-0.05, 0) is 48.4 Å². The zero-order valence-electron chi connectivity index (χ0n) is 15.9. The Morgan fingerprint density at radius 2 is 1.70 bits per heavy atom. The molecule has 0 aromatic heterocycles. The summed E-state index contributed by atoms with van der Waals surface area (Å²) in [7, 11) is -3.58. The van der Waals surface area contributed by atoms with Crippen LogP contribution in [0, 0.1) is 11.2 Å². The highest BCUT2D eigenvalue weighted by atomic mass is 35.5. The molecule has 3 amide bonds. The van der Waals surface area contributed by atoms with Crippen LogP contribution in [0.3, 0.4) is 0 Å². The number of amides is 3. The molecule has 0 fully saturated rings. The van der Waals surface area contributed by atoms with E-state index in [-0.39, 0.29) is 12.3 Å². The first-order chi connectivity index (χ1) is 14.0. The first-order valence-corrected chi connectivity index (χ1v) is 11.1. The highest BCUT2D eigenvalue weighted by molar-refractivity contribution is 7.91. The Kier molecular flexibility index (Phi) is 7.90. The van der Waals surface area contributed by atoms with Crippen LogP contribution in [0.1, 0.15) is 5.56 Å². The Labute approximate surface area is 178 Å². The van der Waals surface area contributed by atoms with Crippen molar-refractivity contribution in [3.63, 3.8) is 0 Å². The van der Waals surface area contributed by atoms with Gasteiger partial charge in [0.05, 0.1) is 6.04 Å². The minimum atomic E-state index is -3.58. The predicted octanol–water partition coefficient (Wildman–Crippen LogP) is 2.35. The summed E-state index contributed by atoms with van der Waals surface area (Å²) in [6, 6.07) is 10.1. The molecule has 0 heterocycles. The van der Waals surface area contributed by atoms with Crippen molar-refractivity contribution in [2.75, 3.05) is 17.3 Å². The van der Waals surface area contributed by atoms with Crippen molar-refractivity contribution in [3.05, 3.63) is 64.9 Å². The second kappa shape index (κ2) is 10.2. The number of carbonyl (C=O) groups excluding carboxylic acids is 2. The summed E-state index contributed by atoms with van der Waals surface area (Å²) < 4.78 is 35.5. The fourth-order valence-corrected chi connectivity index (χ4v) is 3.13. The lowest BCUT2D eigenvalue weighted by molar-refractivity contribution is -0.117. The van der Waals surface area contributed by atoms with E-state index in [1.807, 2.05) is 0 Å². The topological polar surface area (TPSA) is 128 Å². The van der Waals surface area contributed by atoms with Gasteiger partial charge in [-0.2, -0.15) is 0 Å². The van der Waals surface area contributed by atoms with E-state index < -0.39 is 39.4 Å². The summed E-state index contributed by atoms with van der Waals surface area (Å²) in [4.78, 5) is 24.2. The molecular weight excluding hydrogens is 435 g/mol. The third-order valence-electron chi connectivity index (χ3n) is 3.78. The van der Waals surface area contributed by atoms with E-state index in [2.05, 4.69) is 16.0 Å². The second-order valence-electron chi connectivity index (χ2n) is 6.52. The highest BCUT2D eigenvalue weighted by Gasteiger charge is 2.21. The van der Waals surface area contributed by atoms with Gasteiger partial charge in [-0.3, -0.25) is 10.2 Å². The zero-order valence-corrected chi connectivity index (χ0v) is 17.5. The summed E-state index contributed by atoms with van der Waals surface area (Å²) in [6.07, 6.45) is 1.03. The van der Waals surface area contributed by atoms with Crippen molar-refractivity contribution >= 4 is 44.9 Å². The lowest BCUT2D eigenvalue weighted by Crippen LogP contribution is -2.51. The van der Waals surface area contributed by atoms with Crippen LogP contribution >= 0.6 is 11.6 Å². The summed E-state index contributed by atoms with van der Waals surface area (Å²) in [5.41, 5.74) is 1.04. The van der Waals surface area contributed by atoms with Crippen molar-refractivity contribution in [1.29, 1.82) is 5.41 Å². The first-order valence-electron chi connectivity index (χ1n) is 8.65. The molecule has 2 aromatic carbocycles. The number of hydrogen-bond acceptors (Lipinski definition) is 5. The van der Waals surface area contributed by atoms with Gasteiger partial charge >= 0.3 is 6.03 Å². The second-order valence-corrected chi connectivity index (χ2v) is 9.10. The average molecular weight is 455 g/mol. The number of rotatable bonds is 7. The fourth-order valence-electron chi connectivity index (χ4n) is 2.45. The van der Waals surface area contributed by atoms with Gasteiger partial charge in [0.15, 0.2) is 9.84 Å². The molecule has 0 spiro atoms. The lowest BCUT2D eigenvalue weighted by atomic mass is 10.0. The molecule has 2 rings (SSSR count). The highest BCUT2D eigenvalue weighted by Crippen LogP contribution is 2.12. The molecule has 0 saturated heterocycles. The molecule has 0 aliphatic carbocycles. The largest absolute Gasteiger partial charge is 0.328 e. The maximum absolute atomic E-state index is 13.0. The predicted molar refractivity (Wildman–Crippen MR) is 113 cm³/mol. The van der Waals surface area contributed by atoms with Crippen LogP contribution in [0.15, 0.2) is 48.5 Å². The minimum absolute atomic E-state index is 0.131. The van der Waals surface area contributed by atoms with Gasteiger partial charge in [0.1, 0.15) is 17.4 Å². The van der Waals surface area contributed by atoms with Crippen LogP contribution in [-0.4, -0.2) is 44.2 Å². The van der Waals surface area contributed by atoms with Crippen molar-refractivity contribution in [2.24, 2.45) is 0 Å². The summed E-state index contributed by atoms with van der Waals surface area (Å²) in [5.74, 6) is -2.51. The van der Waals surface area contributed by atoms with Gasteiger partial charge in [0.2, 0.25) is 5.91 Å². The molecule has 2 aromatic rings. The third-order valence-corrected chi connectivity index (χ3v) is 4.81. The number of halogens is 2. The maximum atomic E-state index is 13.0. The zero-order chi connectivity index (χ0) is 22.3. The van der Waals surface area contributed by atoms with Crippen molar-refractivity contribution in [1.82, 2.24) is 10.6 Å². The number of benzene rings is 2. The molecule has 4 N–H and O–H groups in total. The number of hydrogen-bond donors (Lipinski definition) is 4. The summed E-state index contributed by atoms with van der Waals surface area (Å²) in [5, 5.41) is 15.9. The first kappa shape index (κ1) is 23.3. The normalized spacial score (nSPS) is 12.0. The van der Waals surface area contributed by atoms with Gasteiger partial charge in [-0.1, -0.05) is 23.7 Å². The Morgan fingerprint density at radius 3 is 2.27 bits per heavy atom. The molecular formula is C19H20ClFN4O4S. The Balaban J connectivity index is 2.11. The number of carbonyl (C=O) groups is 2. The molecule has 0 saturated carbocycles. The average Bonchev–Trinajstić information content (AvgIpc) is 2.63. The minimum Gasteiger partial charge on any atom is -0.328 e. The van der Waals surface area contributed by atoms with E-state index in [4.69, 9.17) is 17.0 Å². The number of urea groups is 1. The molecule has 160 valence electrons. The van der Waals surface area contributed by atoms with E-state index in [0.717, 1.165) is 6.26 Å². The van der Waals surface area contributed by atoms with E-state index in [1.165, 1.54) is 24.3 Å². The van der Waals surface area contributed by atoms with Gasteiger partial charge in [0.25, 0.3) is 0 Å². The Bertz CT molecular complexity index is 1030. The number of nitrogens with one attached hydrogen (secondary N) is 4. The van der Waals surface area contributed by atoms with Gasteiger partial charge in [0, 0.05) is 17.0 Å². The molecule has 1 unspecified atom stereocenters. The quantitative estimate of drug-likeness (QED) is 0.378. The summed E-state index contributed by atoms with van der Waals surface area (Å²) >= 11 is 5.86. The van der Waals surface area contributed by atoms with Crippen LogP contribution in [0.25, 0.3) is 0 Å². The van der Waals surface area contributed by atoms with E-state index >= 15 is 0 Å². The summed E-state index contributed by atoms with van der Waals surface area (Å²) in [6.45, 7) is 0. The van der Waals surface area contributed by atoms with Crippen LogP contribution in [0.5, 0.6) is 0 Å². The van der Waals surface area contributed by atoms with Crippen molar-refractivity contribution < 1.29 is 22.4 Å². The maximum Gasteiger partial charge on any atom is 0.319 e.